The van der Waals surface area contributed by atoms with Gasteiger partial charge in [0, 0.05) is 35.8 Å². The predicted octanol–water partition coefficient (Wildman–Crippen LogP) is 3.08. The Balaban J connectivity index is 1.93. The number of nitrogens with zero attached hydrogens (tertiary/aromatic N) is 1. The molecule has 6 heteroatoms. The number of amides is 2. The molecular weight excluding hydrogens is 350 g/mol. The summed E-state index contributed by atoms with van der Waals surface area (Å²) in [5.41, 5.74) is 0.498. The van der Waals surface area contributed by atoms with Crippen LogP contribution in [-0.2, 0) is 4.79 Å². The number of hydrogen-bond acceptors (Lipinski definition) is 3. The average molecular weight is 380 g/mol. The predicted molar refractivity (Wildman–Crippen MR) is 105 cm³/mol. The zero-order valence-electron chi connectivity index (χ0n) is 16.1. The van der Waals surface area contributed by atoms with E-state index in [9.17, 15) is 9.59 Å². The zero-order valence-corrected chi connectivity index (χ0v) is 16.8. The fourth-order valence-electron chi connectivity index (χ4n) is 3.21. The summed E-state index contributed by atoms with van der Waals surface area (Å²) in [6.45, 7) is 10.2. The van der Waals surface area contributed by atoms with Gasteiger partial charge in [0.15, 0.2) is 0 Å². The normalized spacial score (nSPS) is 17.3. The lowest BCUT2D eigenvalue weighted by Gasteiger charge is -2.35. The van der Waals surface area contributed by atoms with Crippen LogP contribution in [0.5, 0.6) is 0 Å². The molecule has 0 bridgehead atoms. The first-order chi connectivity index (χ1) is 12.3. The number of rotatable bonds is 6. The monoisotopic (exact) mass is 379 g/mol. The summed E-state index contributed by atoms with van der Waals surface area (Å²) in [6.07, 6.45) is 1.89. The molecule has 1 heterocycles. The van der Waals surface area contributed by atoms with Crippen LogP contribution in [0.25, 0.3) is 0 Å². The highest BCUT2D eigenvalue weighted by Crippen LogP contribution is 2.14. The molecule has 1 aliphatic heterocycles. The van der Waals surface area contributed by atoms with Crippen molar-refractivity contribution in [1.82, 2.24) is 15.5 Å². The molecule has 2 N–H and O–H groups in total. The van der Waals surface area contributed by atoms with E-state index in [1.165, 1.54) is 0 Å². The highest BCUT2D eigenvalue weighted by atomic mass is 35.5. The summed E-state index contributed by atoms with van der Waals surface area (Å²) in [5, 5.41) is 6.56. The molecule has 144 valence electrons. The van der Waals surface area contributed by atoms with Crippen LogP contribution < -0.4 is 10.6 Å². The molecule has 1 atom stereocenters. The third-order valence-electron chi connectivity index (χ3n) is 4.95. The van der Waals surface area contributed by atoms with Crippen molar-refractivity contribution in [2.24, 2.45) is 5.92 Å². The van der Waals surface area contributed by atoms with E-state index in [0.717, 1.165) is 25.9 Å². The van der Waals surface area contributed by atoms with Gasteiger partial charge in [0.1, 0.15) is 6.04 Å². The summed E-state index contributed by atoms with van der Waals surface area (Å²) in [7, 11) is 0. The van der Waals surface area contributed by atoms with Crippen LogP contribution in [0.1, 0.15) is 50.9 Å². The smallest absolute Gasteiger partial charge is 0.251 e. The summed E-state index contributed by atoms with van der Waals surface area (Å²) in [5.74, 6) is -0.363. The Kier molecular flexibility index (Phi) is 7.47. The van der Waals surface area contributed by atoms with Gasteiger partial charge in [-0.2, -0.15) is 0 Å². The fourth-order valence-corrected chi connectivity index (χ4v) is 3.34. The van der Waals surface area contributed by atoms with Gasteiger partial charge >= 0.3 is 0 Å². The summed E-state index contributed by atoms with van der Waals surface area (Å²) < 4.78 is 0. The Morgan fingerprint density at radius 2 is 1.65 bits per heavy atom. The highest BCUT2D eigenvalue weighted by molar-refractivity contribution is 6.30. The molecule has 1 saturated heterocycles. The summed E-state index contributed by atoms with van der Waals surface area (Å²) in [4.78, 5) is 27.6. The van der Waals surface area contributed by atoms with E-state index in [1.807, 2.05) is 13.8 Å². The van der Waals surface area contributed by atoms with E-state index in [-0.39, 0.29) is 23.8 Å². The number of benzene rings is 1. The third kappa shape index (κ3) is 5.71. The maximum atomic E-state index is 12.7. The third-order valence-corrected chi connectivity index (χ3v) is 5.20. The minimum atomic E-state index is -0.554. The molecule has 26 heavy (non-hydrogen) atoms. The van der Waals surface area contributed by atoms with Crippen LogP contribution in [0.15, 0.2) is 24.3 Å². The Morgan fingerprint density at radius 1 is 1.08 bits per heavy atom. The standard InChI is InChI=1S/C20H30ClN3O2/c1-13(2)18(23-19(25)15-5-7-16(21)8-6-15)20(26)22-17-9-11-24(12-10-17)14(3)4/h5-8,13-14,17-18H,9-12H2,1-4H3,(H,22,26)(H,23,25)/t18-/m1/s1. The Bertz CT molecular complexity index is 608. The quantitative estimate of drug-likeness (QED) is 0.798. The first-order valence-electron chi connectivity index (χ1n) is 9.38. The molecule has 0 aromatic heterocycles. The maximum absolute atomic E-state index is 12.7. The second-order valence-electron chi connectivity index (χ2n) is 7.61. The molecule has 2 amide bonds. The lowest BCUT2D eigenvalue weighted by Crippen LogP contribution is -2.54. The number of likely N-dealkylation sites (tertiary alicyclic amines) is 1. The molecule has 5 nitrogen and oxygen atoms in total. The lowest BCUT2D eigenvalue weighted by atomic mass is 9.99. The van der Waals surface area contributed by atoms with Gasteiger partial charge in [-0.1, -0.05) is 25.4 Å². The molecule has 2 rings (SSSR count). The van der Waals surface area contributed by atoms with Crippen LogP contribution in [0.2, 0.25) is 5.02 Å². The van der Waals surface area contributed by atoms with Crippen molar-refractivity contribution in [1.29, 1.82) is 0 Å². The molecule has 1 aromatic rings. The lowest BCUT2D eigenvalue weighted by molar-refractivity contribution is -0.125. The van der Waals surface area contributed by atoms with Gasteiger partial charge in [0.25, 0.3) is 5.91 Å². The number of nitrogens with one attached hydrogen (secondary N) is 2. The van der Waals surface area contributed by atoms with E-state index < -0.39 is 6.04 Å². The van der Waals surface area contributed by atoms with Crippen molar-refractivity contribution in [3.8, 4) is 0 Å². The molecule has 1 aromatic carbocycles. The van der Waals surface area contributed by atoms with Gasteiger partial charge in [-0.15, -0.1) is 0 Å². The van der Waals surface area contributed by atoms with Crippen molar-refractivity contribution in [3.05, 3.63) is 34.9 Å². The molecule has 0 aliphatic carbocycles. The molecular formula is C20H30ClN3O2. The van der Waals surface area contributed by atoms with Gasteiger partial charge in [-0.25, -0.2) is 0 Å². The van der Waals surface area contributed by atoms with Gasteiger partial charge in [-0.3, -0.25) is 9.59 Å². The van der Waals surface area contributed by atoms with Crippen molar-refractivity contribution in [2.75, 3.05) is 13.1 Å². The summed E-state index contributed by atoms with van der Waals surface area (Å²) in [6, 6.07) is 6.82. The SMILES string of the molecule is CC(C)[C@@H](NC(=O)c1ccc(Cl)cc1)C(=O)NC1CCN(C(C)C)CC1. The van der Waals surface area contributed by atoms with Crippen LogP contribution in [0.4, 0.5) is 0 Å². The van der Waals surface area contributed by atoms with Gasteiger partial charge in [0.05, 0.1) is 0 Å². The first kappa shape index (κ1) is 20.7. The molecule has 0 radical (unpaired) electrons. The minimum absolute atomic E-state index is 0.00185. The van der Waals surface area contributed by atoms with Gasteiger partial charge in [-0.05, 0) is 56.9 Å². The second kappa shape index (κ2) is 9.38. The molecule has 1 fully saturated rings. The highest BCUT2D eigenvalue weighted by Gasteiger charge is 2.28. The molecule has 0 unspecified atom stereocenters. The van der Waals surface area contributed by atoms with Crippen molar-refractivity contribution in [3.63, 3.8) is 0 Å². The van der Waals surface area contributed by atoms with Gasteiger partial charge in [0.2, 0.25) is 5.91 Å². The number of hydrogen-bond donors (Lipinski definition) is 2. The Morgan fingerprint density at radius 3 is 2.15 bits per heavy atom. The number of piperidine rings is 1. The summed E-state index contributed by atoms with van der Waals surface area (Å²) >= 11 is 5.86. The topological polar surface area (TPSA) is 61.4 Å². The number of carbonyl (C=O) groups is 2. The number of carbonyl (C=O) groups excluding carboxylic acids is 2. The van der Waals surface area contributed by atoms with Crippen LogP contribution in [-0.4, -0.2) is 47.9 Å². The minimum Gasteiger partial charge on any atom is -0.351 e. The molecule has 0 spiro atoms. The largest absolute Gasteiger partial charge is 0.351 e. The fraction of sp³-hybridized carbons (Fsp3) is 0.600. The van der Waals surface area contributed by atoms with E-state index >= 15 is 0 Å². The van der Waals surface area contributed by atoms with E-state index in [1.54, 1.807) is 24.3 Å². The van der Waals surface area contributed by atoms with Crippen LogP contribution in [0, 0.1) is 5.92 Å². The van der Waals surface area contributed by atoms with Crippen molar-refractivity contribution < 1.29 is 9.59 Å². The van der Waals surface area contributed by atoms with E-state index in [2.05, 4.69) is 29.4 Å². The average Bonchev–Trinajstić information content (AvgIpc) is 2.60. The van der Waals surface area contributed by atoms with Crippen molar-refractivity contribution in [2.45, 2.75) is 58.7 Å². The second-order valence-corrected chi connectivity index (χ2v) is 8.05. The Hall–Kier alpha value is -1.59. The van der Waals surface area contributed by atoms with Crippen molar-refractivity contribution >= 4 is 23.4 Å². The molecule has 1 aliphatic rings. The first-order valence-corrected chi connectivity index (χ1v) is 9.76. The molecule has 0 saturated carbocycles. The number of halogens is 1. The Labute approximate surface area is 161 Å². The zero-order chi connectivity index (χ0) is 19.3. The van der Waals surface area contributed by atoms with E-state index in [0.29, 0.717) is 16.6 Å². The van der Waals surface area contributed by atoms with Crippen LogP contribution >= 0.6 is 11.6 Å². The van der Waals surface area contributed by atoms with Gasteiger partial charge < -0.3 is 15.5 Å². The van der Waals surface area contributed by atoms with E-state index in [4.69, 9.17) is 11.6 Å². The maximum Gasteiger partial charge on any atom is 0.251 e. The van der Waals surface area contributed by atoms with Crippen LogP contribution in [0.3, 0.4) is 0 Å².